The van der Waals surface area contributed by atoms with Crippen LogP contribution in [0.2, 0.25) is 0 Å². The Labute approximate surface area is 187 Å². The van der Waals surface area contributed by atoms with Gasteiger partial charge in [-0.05, 0) is 54.6 Å². The molecule has 2 heterocycles. The lowest BCUT2D eigenvalue weighted by atomic mass is 10.1. The van der Waals surface area contributed by atoms with Gasteiger partial charge in [-0.3, -0.25) is 24.6 Å². The lowest BCUT2D eigenvalue weighted by molar-refractivity contribution is -0.384. The topological polar surface area (TPSA) is 103 Å². The van der Waals surface area contributed by atoms with Crippen molar-refractivity contribution in [2.24, 2.45) is 0 Å². The smallest absolute Gasteiger partial charge is 0.293 e. The summed E-state index contributed by atoms with van der Waals surface area (Å²) in [5, 5.41) is 10.9. The second kappa shape index (κ2) is 9.11. The first-order chi connectivity index (χ1) is 15.4. The number of imide groups is 1. The van der Waals surface area contributed by atoms with Crippen molar-refractivity contribution in [2.45, 2.75) is 6.92 Å². The van der Waals surface area contributed by atoms with Gasteiger partial charge in [-0.1, -0.05) is 24.3 Å². The van der Waals surface area contributed by atoms with E-state index in [0.717, 1.165) is 22.2 Å². The second-order valence-electron chi connectivity index (χ2n) is 6.97. The molecule has 0 atom stereocenters. The van der Waals surface area contributed by atoms with Crippen LogP contribution in [0, 0.1) is 17.0 Å². The number of nitro benzene ring substituents is 1. The summed E-state index contributed by atoms with van der Waals surface area (Å²) in [6.45, 7) is 2.25. The fourth-order valence-electron chi connectivity index (χ4n) is 3.20. The standard InChI is InChI=1S/C23H18N2O6S/c1-15-5-4-6-16(13-15)30-12-11-24-22(26)21(32-23(24)27)14-17-9-10-20(31-17)18-7-2-3-8-19(18)25(28)29/h2-10,13-14H,11-12H2,1H3/b21-14-. The van der Waals surface area contributed by atoms with Crippen molar-refractivity contribution in [1.82, 2.24) is 4.90 Å². The van der Waals surface area contributed by atoms with E-state index < -0.39 is 10.8 Å². The molecule has 162 valence electrons. The Morgan fingerprint density at radius 3 is 2.72 bits per heavy atom. The molecule has 1 aromatic heterocycles. The maximum atomic E-state index is 12.7. The molecule has 4 rings (SSSR count). The molecule has 2 aromatic carbocycles. The van der Waals surface area contributed by atoms with Gasteiger partial charge in [0.15, 0.2) is 0 Å². The summed E-state index contributed by atoms with van der Waals surface area (Å²) in [6, 6.07) is 16.9. The molecule has 1 aliphatic heterocycles. The second-order valence-corrected chi connectivity index (χ2v) is 7.97. The van der Waals surface area contributed by atoms with Crippen LogP contribution in [0.5, 0.6) is 5.75 Å². The van der Waals surface area contributed by atoms with Crippen LogP contribution in [-0.4, -0.2) is 34.1 Å². The summed E-state index contributed by atoms with van der Waals surface area (Å²) >= 11 is 0.813. The minimum Gasteiger partial charge on any atom is -0.492 e. The Kier molecular flexibility index (Phi) is 6.09. The van der Waals surface area contributed by atoms with Crippen molar-refractivity contribution in [1.29, 1.82) is 0 Å². The predicted octanol–water partition coefficient (Wildman–Crippen LogP) is 5.28. The van der Waals surface area contributed by atoms with Crippen LogP contribution in [0.25, 0.3) is 17.4 Å². The number of hydrogen-bond donors (Lipinski definition) is 0. The molecular weight excluding hydrogens is 432 g/mol. The van der Waals surface area contributed by atoms with E-state index in [1.807, 2.05) is 31.2 Å². The van der Waals surface area contributed by atoms with Crippen LogP contribution in [0.1, 0.15) is 11.3 Å². The van der Waals surface area contributed by atoms with Gasteiger partial charge < -0.3 is 9.15 Å². The maximum Gasteiger partial charge on any atom is 0.293 e. The summed E-state index contributed by atoms with van der Waals surface area (Å²) < 4.78 is 11.3. The number of amides is 2. The number of furan rings is 1. The Morgan fingerprint density at radius 1 is 1.12 bits per heavy atom. The zero-order chi connectivity index (χ0) is 22.7. The molecule has 0 spiro atoms. The highest BCUT2D eigenvalue weighted by Gasteiger charge is 2.35. The summed E-state index contributed by atoms with van der Waals surface area (Å²) in [6.07, 6.45) is 1.46. The number of thioether (sulfide) groups is 1. The number of nitro groups is 1. The van der Waals surface area contributed by atoms with Crippen molar-refractivity contribution in [3.05, 3.63) is 87.0 Å². The van der Waals surface area contributed by atoms with Gasteiger partial charge in [0, 0.05) is 12.1 Å². The summed E-state index contributed by atoms with van der Waals surface area (Å²) in [5.74, 6) is 0.858. The largest absolute Gasteiger partial charge is 0.492 e. The molecule has 9 heteroatoms. The first-order valence-corrected chi connectivity index (χ1v) is 10.5. The number of rotatable bonds is 7. The number of benzene rings is 2. The molecule has 0 radical (unpaired) electrons. The first kappa shape index (κ1) is 21.4. The Hall–Kier alpha value is -3.85. The molecule has 1 fully saturated rings. The van der Waals surface area contributed by atoms with Crippen LogP contribution < -0.4 is 4.74 Å². The van der Waals surface area contributed by atoms with E-state index in [1.54, 1.807) is 30.3 Å². The van der Waals surface area contributed by atoms with E-state index in [0.29, 0.717) is 22.8 Å². The molecule has 3 aromatic rings. The number of ether oxygens (including phenoxy) is 1. The minimum atomic E-state index is -0.484. The molecule has 0 bridgehead atoms. The van der Waals surface area contributed by atoms with Crippen LogP contribution >= 0.6 is 11.8 Å². The van der Waals surface area contributed by atoms with Crippen LogP contribution in [0.3, 0.4) is 0 Å². The van der Waals surface area contributed by atoms with E-state index >= 15 is 0 Å². The lowest BCUT2D eigenvalue weighted by Crippen LogP contribution is -2.32. The van der Waals surface area contributed by atoms with Gasteiger partial charge in [0.1, 0.15) is 23.9 Å². The predicted molar refractivity (Wildman–Crippen MR) is 120 cm³/mol. The average Bonchev–Trinajstić information content (AvgIpc) is 3.34. The highest BCUT2D eigenvalue weighted by Crippen LogP contribution is 2.35. The van der Waals surface area contributed by atoms with E-state index in [-0.39, 0.29) is 29.0 Å². The molecule has 2 amide bonds. The highest BCUT2D eigenvalue weighted by atomic mass is 32.2. The van der Waals surface area contributed by atoms with E-state index in [9.17, 15) is 19.7 Å². The van der Waals surface area contributed by atoms with E-state index in [2.05, 4.69) is 0 Å². The quantitative estimate of drug-likeness (QED) is 0.274. The van der Waals surface area contributed by atoms with Gasteiger partial charge in [0.05, 0.1) is 21.9 Å². The molecule has 8 nitrogen and oxygen atoms in total. The third-order valence-electron chi connectivity index (χ3n) is 4.71. The average molecular weight is 450 g/mol. The Morgan fingerprint density at radius 2 is 1.94 bits per heavy atom. The zero-order valence-electron chi connectivity index (χ0n) is 17.0. The molecular formula is C23H18N2O6S. The zero-order valence-corrected chi connectivity index (χ0v) is 17.8. The van der Waals surface area contributed by atoms with E-state index in [1.165, 1.54) is 12.1 Å². The SMILES string of the molecule is Cc1cccc(OCCN2C(=O)S/C(=C\c3ccc(-c4ccccc4[N+](=O)[O-])o3)C2=O)c1. The van der Waals surface area contributed by atoms with Crippen molar-refractivity contribution < 1.29 is 23.7 Å². The van der Waals surface area contributed by atoms with Crippen molar-refractivity contribution in [2.75, 3.05) is 13.2 Å². The Balaban J connectivity index is 1.45. The van der Waals surface area contributed by atoms with Crippen LogP contribution in [0.4, 0.5) is 10.5 Å². The summed E-state index contributed by atoms with van der Waals surface area (Å²) in [4.78, 5) is 37.1. The summed E-state index contributed by atoms with van der Waals surface area (Å²) in [5.41, 5.74) is 1.30. The molecule has 0 unspecified atom stereocenters. The normalized spacial score (nSPS) is 14.9. The number of nitrogens with zero attached hydrogens (tertiary/aromatic N) is 2. The third kappa shape index (κ3) is 4.57. The van der Waals surface area contributed by atoms with E-state index in [4.69, 9.17) is 9.15 Å². The van der Waals surface area contributed by atoms with Gasteiger partial charge in [0.2, 0.25) is 0 Å². The van der Waals surface area contributed by atoms with Gasteiger partial charge >= 0.3 is 0 Å². The number of carbonyl (C=O) groups is 2. The fraction of sp³-hybridized carbons (Fsp3) is 0.130. The number of carbonyl (C=O) groups excluding carboxylic acids is 2. The number of aryl methyl sites for hydroxylation is 1. The number of para-hydroxylation sites is 1. The fourth-order valence-corrected chi connectivity index (χ4v) is 4.04. The van der Waals surface area contributed by atoms with Crippen LogP contribution in [0.15, 0.2) is 70.0 Å². The molecule has 1 saturated heterocycles. The summed E-state index contributed by atoms with van der Waals surface area (Å²) in [7, 11) is 0. The monoisotopic (exact) mass is 450 g/mol. The van der Waals surface area contributed by atoms with Crippen molar-refractivity contribution in [3.63, 3.8) is 0 Å². The van der Waals surface area contributed by atoms with Gasteiger partial charge in [-0.25, -0.2) is 0 Å². The molecule has 0 aliphatic carbocycles. The molecule has 0 saturated carbocycles. The van der Waals surface area contributed by atoms with Gasteiger partial charge in [-0.15, -0.1) is 0 Å². The molecule has 32 heavy (non-hydrogen) atoms. The molecule has 0 N–H and O–H groups in total. The molecule has 1 aliphatic rings. The highest BCUT2D eigenvalue weighted by molar-refractivity contribution is 8.18. The minimum absolute atomic E-state index is 0.0812. The first-order valence-electron chi connectivity index (χ1n) is 9.71. The maximum absolute atomic E-state index is 12.7. The lowest BCUT2D eigenvalue weighted by Gasteiger charge is -2.13. The van der Waals surface area contributed by atoms with Crippen LogP contribution in [-0.2, 0) is 4.79 Å². The number of hydrogen-bond acceptors (Lipinski definition) is 7. The van der Waals surface area contributed by atoms with Gasteiger partial charge in [-0.2, -0.15) is 0 Å². The van der Waals surface area contributed by atoms with Crippen molar-refractivity contribution in [3.8, 4) is 17.1 Å². The van der Waals surface area contributed by atoms with Gasteiger partial charge in [0.25, 0.3) is 16.8 Å². The third-order valence-corrected chi connectivity index (χ3v) is 5.62. The Bertz CT molecular complexity index is 1230. The van der Waals surface area contributed by atoms with Crippen molar-refractivity contribution >= 4 is 34.7 Å².